The third-order valence-electron chi connectivity index (χ3n) is 3.39. The molecule has 6 heteroatoms. The molecule has 0 aliphatic carbocycles. The molecule has 22 heavy (non-hydrogen) atoms. The van der Waals surface area contributed by atoms with Crippen molar-refractivity contribution in [2.45, 2.75) is 4.90 Å². The van der Waals surface area contributed by atoms with Crippen LogP contribution in [-0.4, -0.2) is 24.7 Å². The minimum absolute atomic E-state index is 0.0341. The number of rotatable bonds is 3. The molecule has 0 saturated carbocycles. The first kappa shape index (κ1) is 15.2. The number of thioether (sulfide) groups is 1. The van der Waals surface area contributed by atoms with Crippen molar-refractivity contribution in [3.63, 3.8) is 0 Å². The molecule has 1 heterocycles. The van der Waals surface area contributed by atoms with Crippen molar-refractivity contribution in [1.82, 2.24) is 0 Å². The molecule has 2 aromatic carbocycles. The van der Waals surface area contributed by atoms with E-state index in [2.05, 4.69) is 5.32 Å². The first-order chi connectivity index (χ1) is 10.6. The van der Waals surface area contributed by atoms with Gasteiger partial charge in [0, 0.05) is 17.2 Å². The lowest BCUT2D eigenvalue weighted by Crippen LogP contribution is -2.39. The third-order valence-corrected chi connectivity index (χ3v) is 4.75. The molecule has 0 aromatic heterocycles. The fraction of sp³-hybridized carbons (Fsp3) is 0.188. The third kappa shape index (κ3) is 3.20. The van der Waals surface area contributed by atoms with Crippen molar-refractivity contribution in [3.8, 4) is 0 Å². The Balaban J connectivity index is 1.70. The van der Waals surface area contributed by atoms with Crippen molar-refractivity contribution in [3.05, 3.63) is 53.3 Å². The fourth-order valence-electron chi connectivity index (χ4n) is 2.33. The van der Waals surface area contributed by atoms with Crippen LogP contribution in [0.4, 0.5) is 15.8 Å². The summed E-state index contributed by atoms with van der Waals surface area (Å²) in [6.07, 6.45) is 0. The Bertz CT molecular complexity index is 710. The Morgan fingerprint density at radius 3 is 2.95 bits per heavy atom. The van der Waals surface area contributed by atoms with E-state index >= 15 is 0 Å². The van der Waals surface area contributed by atoms with Crippen LogP contribution in [0.5, 0.6) is 0 Å². The van der Waals surface area contributed by atoms with E-state index in [0.717, 1.165) is 16.3 Å². The normalized spacial score (nSPS) is 13.6. The summed E-state index contributed by atoms with van der Waals surface area (Å²) in [7, 11) is 0. The largest absolute Gasteiger partial charge is 0.375 e. The van der Waals surface area contributed by atoms with Gasteiger partial charge in [-0.15, -0.1) is 11.8 Å². The minimum atomic E-state index is -0.399. The summed E-state index contributed by atoms with van der Waals surface area (Å²) in [6.45, 7) is 0.795. The van der Waals surface area contributed by atoms with E-state index in [1.807, 2.05) is 24.3 Å². The Morgan fingerprint density at radius 1 is 1.32 bits per heavy atom. The van der Waals surface area contributed by atoms with Gasteiger partial charge >= 0.3 is 0 Å². The quantitative estimate of drug-likeness (QED) is 0.918. The number of nitrogens with one attached hydrogen (secondary N) is 1. The average Bonchev–Trinajstić information content (AvgIpc) is 2.53. The van der Waals surface area contributed by atoms with Gasteiger partial charge in [0.05, 0.1) is 22.9 Å². The van der Waals surface area contributed by atoms with Crippen LogP contribution < -0.4 is 10.2 Å². The second-order valence-corrected chi connectivity index (χ2v) is 6.38. The van der Waals surface area contributed by atoms with Crippen molar-refractivity contribution >= 4 is 40.6 Å². The Kier molecular flexibility index (Phi) is 4.55. The molecule has 1 aliphatic rings. The molecule has 0 radical (unpaired) electrons. The highest BCUT2D eigenvalue weighted by Crippen LogP contribution is 2.34. The van der Waals surface area contributed by atoms with Crippen LogP contribution in [0.2, 0.25) is 5.02 Å². The number of hydrogen-bond acceptors (Lipinski definition) is 3. The Labute approximate surface area is 137 Å². The molecule has 0 atom stereocenters. The first-order valence-electron chi connectivity index (χ1n) is 6.86. The van der Waals surface area contributed by atoms with Gasteiger partial charge in [0.1, 0.15) is 5.82 Å². The number of carbonyl (C=O) groups excluding carboxylic acids is 1. The maximum atomic E-state index is 13.0. The van der Waals surface area contributed by atoms with Crippen molar-refractivity contribution < 1.29 is 9.18 Å². The van der Waals surface area contributed by atoms with Crippen LogP contribution in [0.1, 0.15) is 0 Å². The molecule has 0 unspecified atom stereocenters. The first-order valence-corrected chi connectivity index (χ1v) is 8.22. The molecule has 3 rings (SSSR count). The van der Waals surface area contributed by atoms with Gasteiger partial charge in [-0.25, -0.2) is 4.39 Å². The highest BCUT2D eigenvalue weighted by Gasteiger charge is 2.22. The van der Waals surface area contributed by atoms with Crippen LogP contribution in [0.25, 0.3) is 0 Å². The lowest BCUT2D eigenvalue weighted by atomic mass is 10.2. The number of halogens is 2. The zero-order valence-electron chi connectivity index (χ0n) is 11.7. The highest BCUT2D eigenvalue weighted by atomic mass is 35.5. The SMILES string of the molecule is O=C(CNc1ccc(F)cc1Cl)N1CCSc2ccccc21. The molecule has 1 aliphatic heterocycles. The van der Waals surface area contributed by atoms with Gasteiger partial charge in [-0.1, -0.05) is 23.7 Å². The van der Waals surface area contributed by atoms with E-state index in [4.69, 9.17) is 11.6 Å². The number of benzene rings is 2. The van der Waals surface area contributed by atoms with Crippen molar-refractivity contribution in [1.29, 1.82) is 0 Å². The standard InChI is InChI=1S/C16H14ClFN2OS/c17-12-9-11(18)5-6-13(12)19-10-16(21)20-7-8-22-15-4-2-1-3-14(15)20/h1-6,9,19H,7-8,10H2. The molecule has 3 nitrogen and oxygen atoms in total. The van der Waals surface area contributed by atoms with Gasteiger partial charge in [-0.05, 0) is 30.3 Å². The summed E-state index contributed by atoms with van der Waals surface area (Å²) in [4.78, 5) is 15.3. The summed E-state index contributed by atoms with van der Waals surface area (Å²) >= 11 is 7.70. The summed E-state index contributed by atoms with van der Waals surface area (Å²) in [6, 6.07) is 11.9. The zero-order chi connectivity index (χ0) is 15.5. The van der Waals surface area contributed by atoms with Crippen LogP contribution >= 0.6 is 23.4 Å². The van der Waals surface area contributed by atoms with Crippen molar-refractivity contribution in [2.75, 3.05) is 29.1 Å². The molecule has 114 valence electrons. The molecule has 0 fully saturated rings. The second-order valence-electron chi connectivity index (χ2n) is 4.84. The highest BCUT2D eigenvalue weighted by molar-refractivity contribution is 7.99. The van der Waals surface area contributed by atoms with Gasteiger partial charge in [-0.3, -0.25) is 4.79 Å². The van der Waals surface area contributed by atoms with E-state index in [9.17, 15) is 9.18 Å². The molecule has 0 spiro atoms. The van der Waals surface area contributed by atoms with E-state index in [-0.39, 0.29) is 17.5 Å². The molecule has 2 aromatic rings. The van der Waals surface area contributed by atoms with Crippen LogP contribution in [0.3, 0.4) is 0 Å². The van der Waals surface area contributed by atoms with Gasteiger partial charge in [0.2, 0.25) is 5.91 Å². The molecular weight excluding hydrogens is 323 g/mol. The van der Waals surface area contributed by atoms with Gasteiger partial charge in [0.25, 0.3) is 0 Å². The van der Waals surface area contributed by atoms with Crippen LogP contribution in [0, 0.1) is 5.82 Å². The molecular formula is C16H14ClFN2OS. The smallest absolute Gasteiger partial charge is 0.246 e. The van der Waals surface area contributed by atoms with E-state index in [1.165, 1.54) is 18.2 Å². The van der Waals surface area contributed by atoms with E-state index < -0.39 is 5.82 Å². The average molecular weight is 337 g/mol. The number of carbonyl (C=O) groups is 1. The number of fused-ring (bicyclic) bond motifs is 1. The van der Waals surface area contributed by atoms with Crippen molar-refractivity contribution in [2.24, 2.45) is 0 Å². The lowest BCUT2D eigenvalue weighted by molar-refractivity contribution is -0.117. The van der Waals surface area contributed by atoms with E-state index in [1.54, 1.807) is 16.7 Å². The number of hydrogen-bond donors (Lipinski definition) is 1. The predicted octanol–water partition coefficient (Wildman–Crippen LogP) is 4.03. The van der Waals surface area contributed by atoms with Crippen LogP contribution in [0.15, 0.2) is 47.4 Å². The topological polar surface area (TPSA) is 32.3 Å². The van der Waals surface area contributed by atoms with E-state index in [0.29, 0.717) is 12.2 Å². The monoisotopic (exact) mass is 336 g/mol. The molecule has 0 saturated heterocycles. The number of para-hydroxylation sites is 1. The number of amides is 1. The molecule has 1 amide bonds. The predicted molar refractivity (Wildman–Crippen MR) is 89.4 cm³/mol. The number of anilines is 2. The lowest BCUT2D eigenvalue weighted by Gasteiger charge is -2.29. The Morgan fingerprint density at radius 2 is 2.14 bits per heavy atom. The maximum absolute atomic E-state index is 13.0. The second kappa shape index (κ2) is 6.58. The summed E-state index contributed by atoms with van der Waals surface area (Å²) in [5.74, 6) is 0.442. The number of nitrogens with zero attached hydrogens (tertiary/aromatic N) is 1. The van der Waals surface area contributed by atoms with Gasteiger partial charge < -0.3 is 10.2 Å². The molecule has 1 N–H and O–H groups in total. The maximum Gasteiger partial charge on any atom is 0.246 e. The van der Waals surface area contributed by atoms with Crippen LogP contribution in [-0.2, 0) is 4.79 Å². The summed E-state index contributed by atoms with van der Waals surface area (Å²) < 4.78 is 13.0. The fourth-order valence-corrected chi connectivity index (χ4v) is 3.56. The summed E-state index contributed by atoms with van der Waals surface area (Å²) in [5, 5.41) is 3.24. The summed E-state index contributed by atoms with van der Waals surface area (Å²) in [5.41, 5.74) is 1.49. The zero-order valence-corrected chi connectivity index (χ0v) is 13.3. The van der Waals surface area contributed by atoms with Gasteiger partial charge in [0.15, 0.2) is 0 Å². The van der Waals surface area contributed by atoms with Gasteiger partial charge in [-0.2, -0.15) is 0 Å². The minimum Gasteiger partial charge on any atom is -0.375 e. The molecule has 0 bridgehead atoms. The Hall–Kier alpha value is -1.72.